The molecule has 0 saturated heterocycles. The third-order valence-electron chi connectivity index (χ3n) is 4.16. The number of aromatic hydroxyl groups is 1. The summed E-state index contributed by atoms with van der Waals surface area (Å²) in [6.45, 7) is 4.87. The first-order valence-corrected chi connectivity index (χ1v) is 9.65. The van der Waals surface area contributed by atoms with Crippen LogP contribution in [0.1, 0.15) is 36.2 Å². The van der Waals surface area contributed by atoms with Gasteiger partial charge in [0, 0.05) is 16.5 Å². The predicted molar refractivity (Wildman–Crippen MR) is 112 cm³/mol. The number of rotatable bonds is 5. The van der Waals surface area contributed by atoms with E-state index >= 15 is 0 Å². The lowest BCUT2D eigenvalue weighted by atomic mass is 10.1. The van der Waals surface area contributed by atoms with Gasteiger partial charge in [0.2, 0.25) is 0 Å². The van der Waals surface area contributed by atoms with E-state index in [9.17, 15) is 9.90 Å². The Kier molecular flexibility index (Phi) is 6.13. The molecule has 7 heteroatoms. The van der Waals surface area contributed by atoms with E-state index in [0.29, 0.717) is 16.5 Å². The van der Waals surface area contributed by atoms with Crippen molar-refractivity contribution < 1.29 is 9.90 Å². The van der Waals surface area contributed by atoms with E-state index in [2.05, 4.69) is 27.8 Å². The molecule has 1 amide bonds. The second-order valence-electron chi connectivity index (χ2n) is 6.18. The van der Waals surface area contributed by atoms with Crippen LogP contribution in [-0.2, 0) is 0 Å². The molecule has 1 atom stereocenters. The van der Waals surface area contributed by atoms with Crippen LogP contribution in [0.15, 0.2) is 58.6 Å². The molecule has 0 spiro atoms. The van der Waals surface area contributed by atoms with E-state index in [1.54, 1.807) is 23.9 Å². The topological polar surface area (TPSA) is 86.1 Å². The number of aliphatic imine (C=N–C) groups is 1. The van der Waals surface area contributed by atoms with Gasteiger partial charge in [-0.25, -0.2) is 5.43 Å². The minimum absolute atomic E-state index is 0.0433. The van der Waals surface area contributed by atoms with Crippen molar-refractivity contribution in [3.05, 3.63) is 59.7 Å². The molecule has 0 fully saturated rings. The fourth-order valence-electron chi connectivity index (χ4n) is 2.53. The Bertz CT molecular complexity index is 878. The number of benzene rings is 2. The third-order valence-corrected chi connectivity index (χ3v) is 5.43. The standard InChI is InChI=1S/C20H22N4O2S/c1-3-18-12-21-20(27-18)22-16-9-7-14(8-10-16)13(2)23-24-19(26)15-5-4-6-17(25)11-15/h4-11,18,25H,3,12H2,1-2H3,(H,21,22)(H,24,26)/b23-13-/t18-/m0/s1. The minimum atomic E-state index is -0.370. The van der Waals surface area contributed by atoms with Gasteiger partial charge in [0.05, 0.1) is 12.3 Å². The maximum absolute atomic E-state index is 12.1. The first-order valence-electron chi connectivity index (χ1n) is 8.77. The van der Waals surface area contributed by atoms with Crippen molar-refractivity contribution in [1.29, 1.82) is 0 Å². The third kappa shape index (κ3) is 5.10. The number of thioether (sulfide) groups is 1. The summed E-state index contributed by atoms with van der Waals surface area (Å²) in [6.07, 6.45) is 1.11. The van der Waals surface area contributed by atoms with Gasteiger partial charge in [0.25, 0.3) is 5.91 Å². The van der Waals surface area contributed by atoms with Gasteiger partial charge >= 0.3 is 0 Å². The van der Waals surface area contributed by atoms with Crippen molar-refractivity contribution in [1.82, 2.24) is 5.43 Å². The SMILES string of the molecule is CC[C@H]1CN=C(Nc2ccc(/C(C)=N\NC(=O)c3cccc(O)c3)cc2)S1. The van der Waals surface area contributed by atoms with Crippen LogP contribution in [0.3, 0.4) is 0 Å². The molecule has 0 unspecified atom stereocenters. The van der Waals surface area contributed by atoms with Crippen LogP contribution in [0, 0.1) is 0 Å². The largest absolute Gasteiger partial charge is 0.508 e. The molecule has 27 heavy (non-hydrogen) atoms. The quantitative estimate of drug-likeness (QED) is 0.542. The molecule has 2 aromatic rings. The zero-order valence-electron chi connectivity index (χ0n) is 15.3. The van der Waals surface area contributed by atoms with Crippen molar-refractivity contribution in [3.63, 3.8) is 0 Å². The first kappa shape index (κ1) is 19.0. The number of nitrogens with zero attached hydrogens (tertiary/aromatic N) is 2. The average molecular weight is 382 g/mol. The molecule has 0 aromatic heterocycles. The Morgan fingerprint density at radius 3 is 2.70 bits per heavy atom. The van der Waals surface area contributed by atoms with E-state index < -0.39 is 0 Å². The van der Waals surface area contributed by atoms with Crippen molar-refractivity contribution in [2.75, 3.05) is 11.9 Å². The van der Waals surface area contributed by atoms with Crippen LogP contribution in [0.25, 0.3) is 0 Å². The summed E-state index contributed by atoms with van der Waals surface area (Å²) in [7, 11) is 0. The predicted octanol–water partition coefficient (Wildman–Crippen LogP) is 3.84. The second kappa shape index (κ2) is 8.73. The number of nitrogens with one attached hydrogen (secondary N) is 2. The number of amidine groups is 1. The molecule has 1 aliphatic heterocycles. The van der Waals surface area contributed by atoms with Gasteiger partial charge in [-0.3, -0.25) is 9.79 Å². The monoisotopic (exact) mass is 382 g/mol. The van der Waals surface area contributed by atoms with Gasteiger partial charge in [-0.05, 0) is 49.2 Å². The molecule has 0 radical (unpaired) electrons. The van der Waals surface area contributed by atoms with Gasteiger partial charge in [0.1, 0.15) is 5.75 Å². The first-order chi connectivity index (χ1) is 13.0. The number of carbonyl (C=O) groups excluding carboxylic acids is 1. The fourth-order valence-corrected chi connectivity index (χ4v) is 3.48. The van der Waals surface area contributed by atoms with Crippen LogP contribution in [0.2, 0.25) is 0 Å². The van der Waals surface area contributed by atoms with E-state index in [1.165, 1.54) is 12.1 Å². The molecular weight excluding hydrogens is 360 g/mol. The summed E-state index contributed by atoms with van der Waals surface area (Å²) < 4.78 is 0. The maximum atomic E-state index is 12.1. The smallest absolute Gasteiger partial charge is 0.271 e. The van der Waals surface area contributed by atoms with Crippen molar-refractivity contribution in [2.24, 2.45) is 10.1 Å². The van der Waals surface area contributed by atoms with Gasteiger partial charge in [-0.2, -0.15) is 5.10 Å². The van der Waals surface area contributed by atoms with E-state index in [0.717, 1.165) is 29.4 Å². The lowest BCUT2D eigenvalue weighted by Crippen LogP contribution is -2.19. The lowest BCUT2D eigenvalue weighted by Gasteiger charge is -2.08. The highest BCUT2D eigenvalue weighted by Gasteiger charge is 2.17. The summed E-state index contributed by atoms with van der Waals surface area (Å²) in [5, 5.41) is 18.4. The zero-order valence-corrected chi connectivity index (χ0v) is 16.1. The van der Waals surface area contributed by atoms with E-state index in [-0.39, 0.29) is 11.7 Å². The van der Waals surface area contributed by atoms with Gasteiger partial charge in [0.15, 0.2) is 5.17 Å². The molecule has 6 nitrogen and oxygen atoms in total. The van der Waals surface area contributed by atoms with Gasteiger partial charge < -0.3 is 10.4 Å². The Morgan fingerprint density at radius 2 is 2.04 bits per heavy atom. The number of amides is 1. The summed E-state index contributed by atoms with van der Waals surface area (Å²) >= 11 is 1.78. The molecule has 3 rings (SSSR count). The Morgan fingerprint density at radius 1 is 1.26 bits per heavy atom. The summed E-state index contributed by atoms with van der Waals surface area (Å²) in [4.78, 5) is 16.6. The molecule has 3 N–H and O–H groups in total. The van der Waals surface area contributed by atoms with Gasteiger partial charge in [-0.15, -0.1) is 0 Å². The number of phenols is 1. The molecule has 1 heterocycles. The maximum Gasteiger partial charge on any atom is 0.271 e. The number of anilines is 1. The highest BCUT2D eigenvalue weighted by atomic mass is 32.2. The van der Waals surface area contributed by atoms with Crippen LogP contribution in [0.4, 0.5) is 5.69 Å². The van der Waals surface area contributed by atoms with Crippen LogP contribution in [0.5, 0.6) is 5.75 Å². The fraction of sp³-hybridized carbons (Fsp3) is 0.250. The molecule has 2 aromatic carbocycles. The lowest BCUT2D eigenvalue weighted by molar-refractivity contribution is 0.0954. The van der Waals surface area contributed by atoms with Crippen LogP contribution < -0.4 is 10.7 Å². The van der Waals surface area contributed by atoms with Crippen LogP contribution >= 0.6 is 11.8 Å². The molecular formula is C20H22N4O2S. The zero-order chi connectivity index (χ0) is 19.2. The van der Waals surface area contributed by atoms with Gasteiger partial charge in [-0.1, -0.05) is 36.9 Å². The Balaban J connectivity index is 1.59. The second-order valence-corrected chi connectivity index (χ2v) is 7.47. The van der Waals surface area contributed by atoms with Crippen LogP contribution in [-0.4, -0.2) is 33.7 Å². The molecule has 0 aliphatic carbocycles. The summed E-state index contributed by atoms with van der Waals surface area (Å²) in [5.74, 6) is -0.327. The van der Waals surface area contributed by atoms with E-state index in [1.807, 2.05) is 31.2 Å². The Hall–Kier alpha value is -2.80. The number of phenolic OH excluding ortho intramolecular Hbond substituents is 1. The number of hydrazone groups is 1. The summed E-state index contributed by atoms with van der Waals surface area (Å²) in [6, 6.07) is 14.0. The highest BCUT2D eigenvalue weighted by molar-refractivity contribution is 8.15. The normalized spacial score (nSPS) is 16.7. The van der Waals surface area contributed by atoms with Crippen molar-refractivity contribution in [3.8, 4) is 5.75 Å². The molecule has 0 bridgehead atoms. The van der Waals surface area contributed by atoms with Crippen molar-refractivity contribution in [2.45, 2.75) is 25.5 Å². The molecule has 0 saturated carbocycles. The van der Waals surface area contributed by atoms with Crippen molar-refractivity contribution >= 4 is 34.2 Å². The highest BCUT2D eigenvalue weighted by Crippen LogP contribution is 2.24. The molecule has 1 aliphatic rings. The summed E-state index contributed by atoms with van der Waals surface area (Å²) in [5.41, 5.74) is 5.43. The molecule has 140 valence electrons. The Labute approximate surface area is 162 Å². The average Bonchev–Trinajstić information content (AvgIpc) is 3.14. The number of carbonyl (C=O) groups is 1. The van der Waals surface area contributed by atoms with E-state index in [4.69, 9.17) is 0 Å². The number of hydrogen-bond donors (Lipinski definition) is 3. The number of hydrogen-bond acceptors (Lipinski definition) is 6. The minimum Gasteiger partial charge on any atom is -0.508 e.